The highest BCUT2D eigenvalue weighted by Crippen LogP contribution is 2.40. The van der Waals surface area contributed by atoms with Gasteiger partial charge in [0.1, 0.15) is 5.58 Å². The zero-order valence-electron chi connectivity index (χ0n) is 18.5. The number of hydrogen-bond donors (Lipinski definition) is 1. The maximum absolute atomic E-state index is 13.5. The highest BCUT2D eigenvalue weighted by molar-refractivity contribution is 5.99. The average Bonchev–Trinajstić information content (AvgIpc) is 3.12. The topological polar surface area (TPSA) is 92.5 Å². The van der Waals surface area contributed by atoms with Gasteiger partial charge in [0, 0.05) is 26.2 Å². The molecular formula is C25H26N2O6. The molecule has 3 heterocycles. The van der Waals surface area contributed by atoms with Crippen LogP contribution in [-0.4, -0.2) is 67.3 Å². The van der Waals surface area contributed by atoms with Crippen molar-refractivity contribution in [3.63, 3.8) is 0 Å². The fourth-order valence-corrected chi connectivity index (χ4v) is 4.70. The minimum Gasteiger partial charge on any atom is -0.504 e. The van der Waals surface area contributed by atoms with E-state index in [1.807, 2.05) is 0 Å². The molecule has 0 aliphatic carbocycles. The Morgan fingerprint density at radius 2 is 1.88 bits per heavy atom. The fourth-order valence-electron chi connectivity index (χ4n) is 4.70. The predicted molar refractivity (Wildman–Crippen MR) is 122 cm³/mol. The Balaban J connectivity index is 1.55. The number of hydrogen-bond acceptors (Lipinski definition) is 7. The van der Waals surface area contributed by atoms with Crippen molar-refractivity contribution < 1.29 is 23.8 Å². The lowest BCUT2D eigenvalue weighted by molar-refractivity contribution is 0.0353. The second-order valence-corrected chi connectivity index (χ2v) is 8.31. The van der Waals surface area contributed by atoms with Gasteiger partial charge in [-0.3, -0.25) is 14.5 Å². The van der Waals surface area contributed by atoms with Crippen molar-refractivity contribution in [3.05, 3.63) is 69.6 Å². The van der Waals surface area contributed by atoms with E-state index in [0.717, 1.165) is 39.3 Å². The van der Waals surface area contributed by atoms with Crippen molar-refractivity contribution in [2.75, 3.05) is 46.5 Å². The molecule has 5 rings (SSSR count). The van der Waals surface area contributed by atoms with Gasteiger partial charge in [0.2, 0.25) is 5.76 Å². The van der Waals surface area contributed by atoms with Crippen molar-refractivity contribution in [1.29, 1.82) is 0 Å². The molecule has 0 saturated carbocycles. The molecule has 1 fully saturated rings. The van der Waals surface area contributed by atoms with E-state index in [1.54, 1.807) is 41.3 Å². The minimum atomic E-state index is -0.618. The normalized spacial score (nSPS) is 18.6. The van der Waals surface area contributed by atoms with E-state index in [4.69, 9.17) is 13.9 Å². The first-order valence-corrected chi connectivity index (χ1v) is 11.1. The number of benzene rings is 2. The van der Waals surface area contributed by atoms with E-state index >= 15 is 0 Å². The van der Waals surface area contributed by atoms with Crippen LogP contribution in [0.5, 0.6) is 11.5 Å². The van der Waals surface area contributed by atoms with Crippen molar-refractivity contribution >= 4 is 16.9 Å². The molecule has 1 aromatic heterocycles. The predicted octanol–water partition coefficient (Wildman–Crippen LogP) is 2.77. The number of rotatable bonds is 6. The van der Waals surface area contributed by atoms with Crippen LogP contribution in [0.2, 0.25) is 0 Å². The summed E-state index contributed by atoms with van der Waals surface area (Å²) in [5.41, 5.74) is 1.20. The van der Waals surface area contributed by atoms with Gasteiger partial charge in [-0.05, 0) is 36.2 Å². The number of nitrogens with zero attached hydrogens (tertiary/aromatic N) is 2. The first-order chi connectivity index (χ1) is 16.1. The van der Waals surface area contributed by atoms with Gasteiger partial charge in [0.25, 0.3) is 5.91 Å². The van der Waals surface area contributed by atoms with Gasteiger partial charge in [0.05, 0.1) is 37.3 Å². The Morgan fingerprint density at radius 1 is 1.09 bits per heavy atom. The van der Waals surface area contributed by atoms with E-state index in [1.165, 1.54) is 13.2 Å². The number of carbonyl (C=O) groups excluding carboxylic acids is 1. The second kappa shape index (κ2) is 8.88. The molecule has 1 amide bonds. The van der Waals surface area contributed by atoms with Crippen LogP contribution >= 0.6 is 0 Å². The third kappa shape index (κ3) is 3.85. The summed E-state index contributed by atoms with van der Waals surface area (Å²) in [6.45, 7) is 4.48. The van der Waals surface area contributed by atoms with Crippen molar-refractivity contribution in [1.82, 2.24) is 9.80 Å². The van der Waals surface area contributed by atoms with Crippen LogP contribution in [0.15, 0.2) is 51.7 Å². The molecule has 0 radical (unpaired) electrons. The van der Waals surface area contributed by atoms with Crippen LogP contribution in [0.4, 0.5) is 0 Å². The first kappa shape index (κ1) is 21.5. The molecule has 0 bridgehead atoms. The quantitative estimate of drug-likeness (QED) is 0.617. The van der Waals surface area contributed by atoms with Crippen molar-refractivity contribution in [2.24, 2.45) is 0 Å². The van der Waals surface area contributed by atoms with E-state index in [-0.39, 0.29) is 28.6 Å². The lowest BCUT2D eigenvalue weighted by atomic mass is 9.98. The summed E-state index contributed by atoms with van der Waals surface area (Å²) in [6, 6.07) is 11.3. The summed E-state index contributed by atoms with van der Waals surface area (Å²) in [6.07, 6.45) is 0.749. The maximum atomic E-state index is 13.5. The number of para-hydroxylation sites is 1. The van der Waals surface area contributed by atoms with Crippen molar-refractivity contribution in [3.8, 4) is 11.5 Å². The van der Waals surface area contributed by atoms with Gasteiger partial charge in [0.15, 0.2) is 16.9 Å². The average molecular weight is 450 g/mol. The van der Waals surface area contributed by atoms with Crippen LogP contribution in [0.1, 0.15) is 34.1 Å². The summed E-state index contributed by atoms with van der Waals surface area (Å²) >= 11 is 0. The van der Waals surface area contributed by atoms with E-state index < -0.39 is 6.04 Å². The Hall–Kier alpha value is -3.36. The number of phenolic OH excluding ortho intramolecular Hbond substituents is 1. The minimum absolute atomic E-state index is 0.00443. The second-order valence-electron chi connectivity index (χ2n) is 8.31. The molecular weight excluding hydrogens is 424 g/mol. The zero-order valence-corrected chi connectivity index (χ0v) is 18.5. The van der Waals surface area contributed by atoms with E-state index in [2.05, 4.69) is 4.90 Å². The van der Waals surface area contributed by atoms with Gasteiger partial charge in [-0.15, -0.1) is 0 Å². The zero-order chi connectivity index (χ0) is 22.9. The summed E-state index contributed by atoms with van der Waals surface area (Å²) in [4.78, 5) is 31.0. The lowest BCUT2D eigenvalue weighted by Gasteiger charge is -2.29. The molecule has 2 aliphatic heterocycles. The Morgan fingerprint density at radius 3 is 2.67 bits per heavy atom. The van der Waals surface area contributed by atoms with Crippen LogP contribution in [0.25, 0.3) is 11.0 Å². The van der Waals surface area contributed by atoms with E-state index in [9.17, 15) is 14.7 Å². The van der Waals surface area contributed by atoms with Crippen LogP contribution in [-0.2, 0) is 4.74 Å². The third-order valence-electron chi connectivity index (χ3n) is 6.37. The molecule has 8 heteroatoms. The number of morpholine rings is 1. The Kier molecular flexibility index (Phi) is 5.78. The largest absolute Gasteiger partial charge is 0.504 e. The smallest absolute Gasteiger partial charge is 0.290 e. The Labute approximate surface area is 190 Å². The number of fused-ring (bicyclic) bond motifs is 2. The fraction of sp³-hybridized carbons (Fsp3) is 0.360. The number of amides is 1. The van der Waals surface area contributed by atoms with Gasteiger partial charge >= 0.3 is 0 Å². The molecule has 0 spiro atoms. The maximum Gasteiger partial charge on any atom is 0.290 e. The molecule has 2 aromatic carbocycles. The van der Waals surface area contributed by atoms with Crippen molar-refractivity contribution in [2.45, 2.75) is 12.5 Å². The molecule has 3 aromatic rings. The lowest BCUT2D eigenvalue weighted by Crippen LogP contribution is -2.38. The number of aromatic hydroxyl groups is 1. The molecule has 8 nitrogen and oxygen atoms in total. The molecule has 0 unspecified atom stereocenters. The standard InChI is InChI=1S/C25H26N2O6/c1-31-20-15-16(7-8-18(20)28)22-21-23(29)17-5-2-3-6-19(17)33-24(21)25(30)27(22)10-4-9-26-11-13-32-14-12-26/h2-3,5-8,15,22,28H,4,9-14H2,1H3/t22-/m1/s1. The molecule has 33 heavy (non-hydrogen) atoms. The van der Waals surface area contributed by atoms with Gasteiger partial charge < -0.3 is 23.9 Å². The van der Waals surface area contributed by atoms with E-state index in [0.29, 0.717) is 28.6 Å². The number of phenols is 1. The number of ether oxygens (including phenoxy) is 2. The first-order valence-electron chi connectivity index (χ1n) is 11.1. The summed E-state index contributed by atoms with van der Waals surface area (Å²) in [5.74, 6) is 0.0658. The number of methoxy groups -OCH3 is 1. The molecule has 1 N–H and O–H groups in total. The molecule has 1 saturated heterocycles. The van der Waals surface area contributed by atoms with Crippen LogP contribution in [0, 0.1) is 0 Å². The summed E-state index contributed by atoms with van der Waals surface area (Å²) < 4.78 is 16.7. The SMILES string of the molecule is COc1cc([C@@H]2c3c(oc4ccccc4c3=O)C(=O)N2CCCN2CCOCC2)ccc1O. The highest BCUT2D eigenvalue weighted by atomic mass is 16.5. The summed E-state index contributed by atoms with van der Waals surface area (Å²) in [5, 5.41) is 10.5. The molecule has 2 aliphatic rings. The molecule has 172 valence electrons. The van der Waals surface area contributed by atoms with Gasteiger partial charge in [-0.25, -0.2) is 0 Å². The van der Waals surface area contributed by atoms with Gasteiger partial charge in [-0.1, -0.05) is 18.2 Å². The van der Waals surface area contributed by atoms with Gasteiger partial charge in [-0.2, -0.15) is 0 Å². The number of carbonyl (C=O) groups is 1. The Bertz CT molecular complexity index is 1250. The van der Waals surface area contributed by atoms with Crippen LogP contribution in [0.3, 0.4) is 0 Å². The molecule has 1 atom stereocenters. The summed E-state index contributed by atoms with van der Waals surface area (Å²) in [7, 11) is 1.47. The highest BCUT2D eigenvalue weighted by Gasteiger charge is 2.42. The monoisotopic (exact) mass is 450 g/mol. The van der Waals surface area contributed by atoms with Crippen LogP contribution < -0.4 is 10.2 Å². The third-order valence-corrected chi connectivity index (χ3v) is 6.37.